The molecule has 0 spiro atoms. The molecule has 2 aromatic rings. The Labute approximate surface area is 184 Å². The van der Waals surface area contributed by atoms with Gasteiger partial charge in [0.05, 0.1) is 10.9 Å². The lowest BCUT2D eigenvalue weighted by Gasteiger charge is -2.29. The Hall–Kier alpha value is -1.74. The molecule has 166 valence electrons. The number of amides is 1. The van der Waals surface area contributed by atoms with Gasteiger partial charge in [0.1, 0.15) is 0 Å². The van der Waals surface area contributed by atoms with E-state index < -0.39 is 10.0 Å². The highest BCUT2D eigenvalue weighted by Gasteiger charge is 2.24. The normalized spacial score (nSPS) is 13.0. The average molecular weight is 452 g/mol. The molecular weight excluding hydrogens is 418 g/mol. The Kier molecular flexibility index (Phi) is 9.03. The quantitative estimate of drug-likeness (QED) is 0.563. The van der Waals surface area contributed by atoms with E-state index in [0.717, 1.165) is 18.7 Å². The molecule has 1 aromatic carbocycles. The maximum atomic E-state index is 13.0. The molecule has 2 rings (SSSR count). The number of benzene rings is 1. The number of hydrogen-bond acceptors (Lipinski definition) is 5. The van der Waals surface area contributed by atoms with Gasteiger partial charge in [-0.15, -0.1) is 0 Å². The van der Waals surface area contributed by atoms with Crippen LogP contribution in [0.1, 0.15) is 55.2 Å². The first kappa shape index (κ1) is 24.5. The van der Waals surface area contributed by atoms with Crippen molar-refractivity contribution in [2.75, 3.05) is 32.7 Å². The van der Waals surface area contributed by atoms with Gasteiger partial charge in [0, 0.05) is 25.2 Å². The van der Waals surface area contributed by atoms with E-state index in [2.05, 4.69) is 35.5 Å². The van der Waals surface area contributed by atoms with Crippen LogP contribution in [0.3, 0.4) is 0 Å². The van der Waals surface area contributed by atoms with Gasteiger partial charge in [-0.05, 0) is 60.1 Å². The second-order valence-electron chi connectivity index (χ2n) is 7.07. The summed E-state index contributed by atoms with van der Waals surface area (Å²) in [6.07, 6.45) is 0. The van der Waals surface area contributed by atoms with Gasteiger partial charge in [0.15, 0.2) is 0 Å². The van der Waals surface area contributed by atoms with Crippen molar-refractivity contribution < 1.29 is 13.2 Å². The van der Waals surface area contributed by atoms with E-state index >= 15 is 0 Å². The van der Waals surface area contributed by atoms with E-state index in [9.17, 15) is 13.2 Å². The summed E-state index contributed by atoms with van der Waals surface area (Å²) in [4.78, 5) is 15.4. The van der Waals surface area contributed by atoms with Gasteiger partial charge in [-0.2, -0.15) is 15.6 Å². The van der Waals surface area contributed by atoms with Crippen LogP contribution in [0.2, 0.25) is 0 Å². The molecule has 0 aliphatic heterocycles. The molecule has 0 bridgehead atoms. The van der Waals surface area contributed by atoms with Crippen LogP contribution in [0.15, 0.2) is 39.9 Å². The van der Waals surface area contributed by atoms with Crippen molar-refractivity contribution in [2.24, 2.45) is 0 Å². The van der Waals surface area contributed by atoms with Gasteiger partial charge >= 0.3 is 0 Å². The van der Waals surface area contributed by atoms with Gasteiger partial charge in [0.25, 0.3) is 5.91 Å². The van der Waals surface area contributed by atoms with Crippen molar-refractivity contribution in [3.05, 3.63) is 51.7 Å². The molecular formula is C22H33N3O3S2. The third kappa shape index (κ3) is 5.49. The highest BCUT2D eigenvalue weighted by atomic mass is 32.2. The monoisotopic (exact) mass is 451 g/mol. The molecule has 0 aliphatic rings. The molecule has 0 fully saturated rings. The first-order chi connectivity index (χ1) is 14.3. The maximum Gasteiger partial charge on any atom is 0.251 e. The van der Waals surface area contributed by atoms with Crippen LogP contribution in [0.5, 0.6) is 0 Å². The van der Waals surface area contributed by atoms with Crippen LogP contribution >= 0.6 is 11.3 Å². The SMILES string of the molecule is CCN(CC)C(CNC(=O)c1cc(S(=O)(=O)N(CC)CC)ccc1C)c1ccsc1. The van der Waals surface area contributed by atoms with Crippen molar-refractivity contribution in [3.63, 3.8) is 0 Å². The zero-order valence-electron chi connectivity index (χ0n) is 18.5. The number of nitrogens with one attached hydrogen (secondary N) is 1. The van der Waals surface area contributed by atoms with Crippen LogP contribution < -0.4 is 5.32 Å². The summed E-state index contributed by atoms with van der Waals surface area (Å²) < 4.78 is 27.1. The molecule has 0 aliphatic carbocycles. The third-order valence-corrected chi connectivity index (χ3v) is 8.18. The second kappa shape index (κ2) is 11.0. The molecule has 1 atom stereocenters. The predicted molar refractivity (Wildman–Crippen MR) is 124 cm³/mol. The minimum atomic E-state index is -3.62. The van der Waals surface area contributed by atoms with Crippen LogP contribution in [0.25, 0.3) is 0 Å². The van der Waals surface area contributed by atoms with Crippen LogP contribution in [0, 0.1) is 6.92 Å². The van der Waals surface area contributed by atoms with E-state index in [1.807, 2.05) is 12.3 Å². The largest absolute Gasteiger partial charge is 0.350 e. The number of likely N-dealkylation sites (N-methyl/N-ethyl adjacent to an activating group) is 1. The number of thiophene rings is 1. The molecule has 1 aromatic heterocycles. The minimum absolute atomic E-state index is 0.0816. The molecule has 0 saturated heterocycles. The molecule has 1 amide bonds. The topological polar surface area (TPSA) is 69.7 Å². The second-order valence-corrected chi connectivity index (χ2v) is 9.79. The number of sulfonamides is 1. The molecule has 1 heterocycles. The summed E-state index contributed by atoms with van der Waals surface area (Å²) in [5.41, 5.74) is 2.33. The lowest BCUT2D eigenvalue weighted by molar-refractivity contribution is 0.0934. The van der Waals surface area contributed by atoms with Gasteiger partial charge < -0.3 is 5.32 Å². The fourth-order valence-corrected chi connectivity index (χ4v) is 5.78. The molecule has 6 nitrogen and oxygen atoms in total. The predicted octanol–water partition coefficient (Wildman–Crippen LogP) is 3.90. The fourth-order valence-electron chi connectivity index (χ4n) is 3.59. The molecule has 1 unspecified atom stereocenters. The van der Waals surface area contributed by atoms with Crippen LogP contribution in [-0.4, -0.2) is 56.3 Å². The molecule has 30 heavy (non-hydrogen) atoms. The van der Waals surface area contributed by atoms with Gasteiger partial charge in [-0.25, -0.2) is 8.42 Å². The van der Waals surface area contributed by atoms with Gasteiger partial charge in [-0.3, -0.25) is 9.69 Å². The Morgan fingerprint density at radius 3 is 2.27 bits per heavy atom. The lowest BCUT2D eigenvalue weighted by atomic mass is 10.1. The number of aryl methyl sites for hydroxylation is 1. The first-order valence-electron chi connectivity index (χ1n) is 10.4. The highest BCUT2D eigenvalue weighted by Crippen LogP contribution is 2.23. The Morgan fingerprint density at radius 2 is 1.73 bits per heavy atom. The summed E-state index contributed by atoms with van der Waals surface area (Å²) in [5.74, 6) is -0.253. The minimum Gasteiger partial charge on any atom is -0.350 e. The molecule has 1 N–H and O–H groups in total. The summed E-state index contributed by atoms with van der Waals surface area (Å²) in [7, 11) is -3.62. The zero-order chi connectivity index (χ0) is 22.3. The number of carbonyl (C=O) groups excluding carboxylic acids is 1. The highest BCUT2D eigenvalue weighted by molar-refractivity contribution is 7.89. The van der Waals surface area contributed by atoms with Crippen molar-refractivity contribution in [3.8, 4) is 0 Å². The number of hydrogen-bond donors (Lipinski definition) is 1. The van der Waals surface area contributed by atoms with E-state index in [0.29, 0.717) is 25.2 Å². The van der Waals surface area contributed by atoms with Gasteiger partial charge in [0.2, 0.25) is 10.0 Å². The number of rotatable bonds is 11. The Balaban J connectivity index is 2.26. The molecule has 0 saturated carbocycles. The van der Waals surface area contributed by atoms with E-state index in [1.54, 1.807) is 37.3 Å². The smallest absolute Gasteiger partial charge is 0.251 e. The van der Waals surface area contributed by atoms with E-state index in [4.69, 9.17) is 0 Å². The van der Waals surface area contributed by atoms with Crippen molar-refractivity contribution in [1.29, 1.82) is 0 Å². The zero-order valence-corrected chi connectivity index (χ0v) is 20.1. The molecule has 0 radical (unpaired) electrons. The first-order valence-corrected chi connectivity index (χ1v) is 12.8. The maximum absolute atomic E-state index is 13.0. The van der Waals surface area contributed by atoms with Crippen molar-refractivity contribution >= 4 is 27.3 Å². The average Bonchev–Trinajstić information content (AvgIpc) is 3.26. The van der Waals surface area contributed by atoms with Crippen LogP contribution in [-0.2, 0) is 10.0 Å². The Morgan fingerprint density at radius 1 is 1.07 bits per heavy atom. The lowest BCUT2D eigenvalue weighted by Crippen LogP contribution is -2.38. The summed E-state index contributed by atoms with van der Waals surface area (Å²) in [6, 6.07) is 6.94. The molecule has 8 heteroatoms. The third-order valence-electron chi connectivity index (χ3n) is 5.43. The van der Waals surface area contributed by atoms with Crippen molar-refractivity contribution in [1.82, 2.24) is 14.5 Å². The fraction of sp³-hybridized carbons (Fsp3) is 0.500. The Bertz CT molecular complexity index is 919. The number of nitrogens with zero attached hydrogens (tertiary/aromatic N) is 2. The van der Waals surface area contributed by atoms with Crippen LogP contribution in [0.4, 0.5) is 0 Å². The standard InChI is InChI=1S/C22H33N3O3S2/c1-6-24(7-2)21(18-12-13-29-16-18)15-23-22(26)20-14-19(11-10-17(20)5)30(27,28)25(8-3)9-4/h10-14,16,21H,6-9,15H2,1-5H3,(H,23,26). The van der Waals surface area contributed by atoms with Gasteiger partial charge in [-0.1, -0.05) is 33.8 Å². The van der Waals surface area contributed by atoms with E-state index in [-0.39, 0.29) is 16.8 Å². The summed E-state index contributed by atoms with van der Waals surface area (Å²) >= 11 is 1.64. The van der Waals surface area contributed by atoms with Crippen molar-refractivity contribution in [2.45, 2.75) is 45.6 Å². The summed E-state index contributed by atoms with van der Waals surface area (Å²) in [6.45, 7) is 12.6. The number of carbonyl (C=O) groups is 1. The van der Waals surface area contributed by atoms with E-state index in [1.165, 1.54) is 15.9 Å². The summed E-state index contributed by atoms with van der Waals surface area (Å²) in [5, 5.41) is 7.18.